The zero-order valence-corrected chi connectivity index (χ0v) is 16.0. The lowest BCUT2D eigenvalue weighted by Crippen LogP contribution is -2.37. The van der Waals surface area contributed by atoms with Gasteiger partial charge in [-0.2, -0.15) is 0 Å². The molecule has 3 N–H and O–H groups in total. The molecule has 4 rings (SSSR count). The second kappa shape index (κ2) is 7.23. The van der Waals surface area contributed by atoms with E-state index in [1.54, 1.807) is 29.2 Å². The van der Waals surface area contributed by atoms with E-state index in [1.807, 2.05) is 0 Å². The lowest BCUT2D eigenvalue weighted by molar-refractivity contribution is -0.114. The van der Waals surface area contributed by atoms with Gasteiger partial charge in [-0.15, -0.1) is 0 Å². The van der Waals surface area contributed by atoms with Crippen molar-refractivity contribution in [2.24, 2.45) is 0 Å². The van der Waals surface area contributed by atoms with Crippen molar-refractivity contribution in [1.82, 2.24) is 14.9 Å². The minimum atomic E-state index is -0.584. The molecule has 0 aliphatic carbocycles. The molecule has 9 heteroatoms. The van der Waals surface area contributed by atoms with Crippen LogP contribution in [0.15, 0.2) is 33.9 Å². The maximum atomic E-state index is 12.9. The Balaban J connectivity index is 1.46. The maximum Gasteiger partial charge on any atom is 0.328 e. The van der Waals surface area contributed by atoms with Crippen LogP contribution in [-0.4, -0.2) is 45.4 Å². The molecule has 9 nitrogen and oxygen atoms in total. The Morgan fingerprint density at radius 1 is 1.10 bits per heavy atom. The molecule has 2 amide bonds. The van der Waals surface area contributed by atoms with Crippen LogP contribution in [0.1, 0.15) is 42.1 Å². The first kappa shape index (κ1) is 19.0. The van der Waals surface area contributed by atoms with Gasteiger partial charge in [0.15, 0.2) is 0 Å². The molecule has 0 bridgehead atoms. The molecule has 0 radical (unpaired) electrons. The van der Waals surface area contributed by atoms with Gasteiger partial charge < -0.3 is 15.0 Å². The van der Waals surface area contributed by atoms with E-state index in [4.69, 9.17) is 4.74 Å². The van der Waals surface area contributed by atoms with E-state index in [0.717, 1.165) is 6.42 Å². The number of rotatable bonds is 2. The zero-order chi connectivity index (χ0) is 20.6. The number of ether oxygens (including phenoxy) is 1. The van der Waals surface area contributed by atoms with Crippen LogP contribution in [-0.2, 0) is 11.2 Å². The molecule has 1 spiro atoms. The van der Waals surface area contributed by atoms with E-state index in [-0.39, 0.29) is 17.7 Å². The quantitative estimate of drug-likeness (QED) is 0.697. The van der Waals surface area contributed by atoms with Crippen molar-refractivity contribution >= 4 is 17.5 Å². The molecule has 3 heterocycles. The van der Waals surface area contributed by atoms with E-state index >= 15 is 0 Å². The molecule has 0 saturated carbocycles. The molecule has 2 aliphatic rings. The monoisotopic (exact) mass is 398 g/mol. The van der Waals surface area contributed by atoms with Crippen LogP contribution in [0.25, 0.3) is 0 Å². The summed E-state index contributed by atoms with van der Waals surface area (Å²) in [5.41, 5.74) is 0.0600. The number of nitrogens with zero attached hydrogens (tertiary/aromatic N) is 1. The number of aromatic amines is 2. The molecule has 1 atom stereocenters. The summed E-state index contributed by atoms with van der Waals surface area (Å²) in [6, 6.07) is 6.79. The highest BCUT2D eigenvalue weighted by atomic mass is 16.5. The minimum Gasteiger partial charge on any atom is -0.471 e. The van der Waals surface area contributed by atoms with E-state index in [2.05, 4.69) is 15.3 Å². The summed E-state index contributed by atoms with van der Waals surface area (Å²) in [4.78, 5) is 54.1. The summed E-state index contributed by atoms with van der Waals surface area (Å²) >= 11 is 0. The molecule has 152 valence electrons. The summed E-state index contributed by atoms with van der Waals surface area (Å²) in [6.07, 6.45) is 2.40. The van der Waals surface area contributed by atoms with Gasteiger partial charge in [-0.05, 0) is 37.1 Å². The summed E-state index contributed by atoms with van der Waals surface area (Å²) < 4.78 is 6.01. The molecule has 29 heavy (non-hydrogen) atoms. The van der Waals surface area contributed by atoms with Crippen molar-refractivity contribution in [1.29, 1.82) is 0 Å². The number of nitrogens with one attached hydrogen (secondary N) is 3. The van der Waals surface area contributed by atoms with E-state index in [1.165, 1.54) is 6.92 Å². The van der Waals surface area contributed by atoms with Crippen molar-refractivity contribution in [2.45, 2.75) is 38.2 Å². The summed E-state index contributed by atoms with van der Waals surface area (Å²) in [7, 11) is 0. The van der Waals surface area contributed by atoms with Gasteiger partial charge in [0.05, 0.1) is 5.56 Å². The third-order valence-electron chi connectivity index (χ3n) is 5.46. The summed E-state index contributed by atoms with van der Waals surface area (Å²) in [6.45, 7) is 2.50. The maximum absolute atomic E-state index is 12.9. The second-order valence-electron chi connectivity index (χ2n) is 7.58. The van der Waals surface area contributed by atoms with Crippen LogP contribution in [0.3, 0.4) is 0 Å². The predicted molar refractivity (Wildman–Crippen MR) is 105 cm³/mol. The Bertz CT molecular complexity index is 1070. The third-order valence-corrected chi connectivity index (χ3v) is 5.46. The average Bonchev–Trinajstić information content (AvgIpc) is 2.90. The van der Waals surface area contributed by atoms with Crippen LogP contribution in [0, 0.1) is 0 Å². The Hall–Kier alpha value is -3.36. The number of likely N-dealkylation sites (tertiary alicyclic amines) is 1. The zero-order valence-electron chi connectivity index (χ0n) is 16.0. The lowest BCUT2D eigenvalue weighted by atomic mass is 9.90. The van der Waals surface area contributed by atoms with E-state index in [9.17, 15) is 19.2 Å². The predicted octanol–water partition coefficient (Wildman–Crippen LogP) is 1.02. The molecule has 1 saturated heterocycles. The van der Waals surface area contributed by atoms with Gasteiger partial charge in [0.1, 0.15) is 5.60 Å². The van der Waals surface area contributed by atoms with E-state index in [0.29, 0.717) is 49.2 Å². The molecule has 1 fully saturated rings. The molecule has 1 aromatic carbocycles. The van der Waals surface area contributed by atoms with Crippen LogP contribution in [0.2, 0.25) is 0 Å². The summed E-state index contributed by atoms with van der Waals surface area (Å²) in [5, 5.41) is 2.68. The Labute approximate surface area is 166 Å². The van der Waals surface area contributed by atoms with Crippen molar-refractivity contribution in [2.75, 3.05) is 18.4 Å². The SMILES string of the molecule is CC(=O)Nc1ccc(C(=O)N2CCC[C@]3(CC2)Cc2c([nH]c(=O)[nH]c2=O)O3)cc1. The Morgan fingerprint density at radius 2 is 1.86 bits per heavy atom. The Kier molecular flexibility index (Phi) is 4.73. The third kappa shape index (κ3) is 3.80. The van der Waals surface area contributed by atoms with Crippen molar-refractivity contribution in [3.8, 4) is 5.88 Å². The highest BCUT2D eigenvalue weighted by molar-refractivity contribution is 5.95. The van der Waals surface area contributed by atoms with Crippen LogP contribution in [0.5, 0.6) is 5.88 Å². The number of benzene rings is 1. The number of carbonyl (C=O) groups is 2. The molecule has 2 aliphatic heterocycles. The van der Waals surface area contributed by atoms with Gasteiger partial charge in [0.2, 0.25) is 11.8 Å². The van der Waals surface area contributed by atoms with Crippen LogP contribution in [0.4, 0.5) is 5.69 Å². The number of H-pyrrole nitrogens is 2. The topological polar surface area (TPSA) is 124 Å². The fourth-order valence-electron chi connectivity index (χ4n) is 4.05. The van der Waals surface area contributed by atoms with Gasteiger partial charge >= 0.3 is 5.69 Å². The number of carbonyl (C=O) groups excluding carboxylic acids is 2. The molecule has 2 aromatic rings. The van der Waals surface area contributed by atoms with Crippen LogP contribution >= 0.6 is 0 Å². The highest BCUT2D eigenvalue weighted by Gasteiger charge is 2.43. The standard InChI is InChI=1S/C20H22N4O5/c1-12(25)21-14-5-3-13(4-6-14)18(27)24-9-2-7-20(8-10-24)11-15-16(26)22-19(28)23-17(15)29-20/h3-6H,2,7-11H2,1H3,(H,21,25)(H2,22,23,26,28)/t20-/m0/s1. The first-order valence-electron chi connectivity index (χ1n) is 9.57. The van der Waals surface area contributed by atoms with Gasteiger partial charge in [0.25, 0.3) is 11.5 Å². The average molecular weight is 398 g/mol. The molecular weight excluding hydrogens is 376 g/mol. The minimum absolute atomic E-state index is 0.0850. The lowest BCUT2D eigenvalue weighted by Gasteiger charge is -2.27. The number of hydrogen-bond acceptors (Lipinski definition) is 5. The first-order valence-corrected chi connectivity index (χ1v) is 9.57. The molecule has 1 aromatic heterocycles. The van der Waals surface area contributed by atoms with Crippen molar-refractivity contribution in [3.05, 3.63) is 56.2 Å². The normalized spacial score (nSPS) is 20.7. The first-order chi connectivity index (χ1) is 13.8. The number of amides is 2. The fourth-order valence-corrected chi connectivity index (χ4v) is 4.05. The molecular formula is C20H22N4O5. The van der Waals surface area contributed by atoms with Gasteiger partial charge in [0, 0.05) is 44.1 Å². The molecule has 0 unspecified atom stereocenters. The van der Waals surface area contributed by atoms with Gasteiger partial charge in [-0.1, -0.05) is 0 Å². The van der Waals surface area contributed by atoms with Gasteiger partial charge in [-0.25, -0.2) is 4.79 Å². The Morgan fingerprint density at radius 3 is 2.59 bits per heavy atom. The number of fused-ring (bicyclic) bond motifs is 1. The van der Waals surface area contributed by atoms with Crippen LogP contribution < -0.4 is 21.3 Å². The number of aromatic nitrogens is 2. The fraction of sp³-hybridized carbons (Fsp3) is 0.400. The van der Waals surface area contributed by atoms with Crippen molar-refractivity contribution < 1.29 is 14.3 Å². The van der Waals surface area contributed by atoms with Crippen molar-refractivity contribution in [3.63, 3.8) is 0 Å². The van der Waals surface area contributed by atoms with E-state index < -0.39 is 16.9 Å². The second-order valence-corrected chi connectivity index (χ2v) is 7.58. The smallest absolute Gasteiger partial charge is 0.328 e. The largest absolute Gasteiger partial charge is 0.471 e. The highest BCUT2D eigenvalue weighted by Crippen LogP contribution is 2.38. The van der Waals surface area contributed by atoms with Gasteiger partial charge in [-0.3, -0.25) is 24.4 Å². The number of hydrogen-bond donors (Lipinski definition) is 3. The summed E-state index contributed by atoms with van der Waals surface area (Å²) in [5.74, 6) is -0.00934. The number of anilines is 1.